The van der Waals surface area contributed by atoms with Gasteiger partial charge in [0.1, 0.15) is 0 Å². The van der Waals surface area contributed by atoms with Crippen LogP contribution in [0.3, 0.4) is 0 Å². The molecule has 2 aromatic carbocycles. The maximum absolute atomic E-state index is 13.2. The first-order valence-electron chi connectivity index (χ1n) is 6.68. The van der Waals surface area contributed by atoms with Gasteiger partial charge >= 0.3 is 0 Å². The Morgan fingerprint density at radius 1 is 1.19 bits per heavy atom. The van der Waals surface area contributed by atoms with Gasteiger partial charge in [-0.05, 0) is 35.7 Å². The lowest BCUT2D eigenvalue weighted by Crippen LogP contribution is -2.30. The standard InChI is InChI=1S/C16H14F2N2O/c17-12-5-4-10(8-13(12)18)9-15(21)20-7-6-11-2-1-3-14(19)16(11)20/h1-5,8H,6-7,9,19H2. The molecule has 1 aliphatic heterocycles. The van der Waals surface area contributed by atoms with Crippen molar-refractivity contribution in [2.45, 2.75) is 12.8 Å². The summed E-state index contributed by atoms with van der Waals surface area (Å²) in [5.74, 6) is -2.03. The Bertz CT molecular complexity index is 715. The zero-order valence-electron chi connectivity index (χ0n) is 11.3. The summed E-state index contributed by atoms with van der Waals surface area (Å²) in [5, 5.41) is 0. The number of amides is 1. The highest BCUT2D eigenvalue weighted by molar-refractivity contribution is 5.99. The molecule has 3 rings (SSSR count). The van der Waals surface area contributed by atoms with Gasteiger partial charge in [-0.1, -0.05) is 18.2 Å². The van der Waals surface area contributed by atoms with Crippen molar-refractivity contribution in [1.82, 2.24) is 0 Å². The molecule has 108 valence electrons. The van der Waals surface area contributed by atoms with E-state index < -0.39 is 11.6 Å². The Morgan fingerprint density at radius 3 is 2.76 bits per heavy atom. The van der Waals surface area contributed by atoms with Crippen LogP contribution in [0.5, 0.6) is 0 Å². The number of para-hydroxylation sites is 1. The quantitative estimate of drug-likeness (QED) is 0.864. The molecule has 2 aromatic rings. The number of carbonyl (C=O) groups is 1. The topological polar surface area (TPSA) is 46.3 Å². The van der Waals surface area contributed by atoms with E-state index in [1.807, 2.05) is 12.1 Å². The number of nitrogen functional groups attached to an aromatic ring is 1. The predicted molar refractivity (Wildman–Crippen MR) is 77.0 cm³/mol. The van der Waals surface area contributed by atoms with Gasteiger partial charge in [0.15, 0.2) is 11.6 Å². The molecule has 3 nitrogen and oxygen atoms in total. The van der Waals surface area contributed by atoms with E-state index in [0.717, 1.165) is 29.8 Å². The average molecular weight is 288 g/mol. The van der Waals surface area contributed by atoms with Crippen molar-refractivity contribution < 1.29 is 13.6 Å². The minimum Gasteiger partial charge on any atom is -0.397 e. The molecule has 0 unspecified atom stereocenters. The SMILES string of the molecule is Nc1cccc2c1N(C(=O)Cc1ccc(F)c(F)c1)CC2. The van der Waals surface area contributed by atoms with Crippen LogP contribution in [0, 0.1) is 11.6 Å². The van der Waals surface area contributed by atoms with Gasteiger partial charge < -0.3 is 10.6 Å². The van der Waals surface area contributed by atoms with Crippen LogP contribution in [-0.4, -0.2) is 12.5 Å². The first-order chi connectivity index (χ1) is 10.1. The van der Waals surface area contributed by atoms with Gasteiger partial charge in [0.2, 0.25) is 5.91 Å². The lowest BCUT2D eigenvalue weighted by atomic mass is 10.1. The van der Waals surface area contributed by atoms with Crippen molar-refractivity contribution in [3.8, 4) is 0 Å². The van der Waals surface area contributed by atoms with E-state index in [9.17, 15) is 13.6 Å². The van der Waals surface area contributed by atoms with Gasteiger partial charge in [-0.2, -0.15) is 0 Å². The number of rotatable bonds is 2. The van der Waals surface area contributed by atoms with Gasteiger partial charge in [0.05, 0.1) is 17.8 Å². The van der Waals surface area contributed by atoms with Gasteiger partial charge in [-0.25, -0.2) is 8.78 Å². The normalized spacial score (nSPS) is 13.3. The van der Waals surface area contributed by atoms with Crippen molar-refractivity contribution in [3.63, 3.8) is 0 Å². The first kappa shape index (κ1) is 13.5. The monoisotopic (exact) mass is 288 g/mol. The summed E-state index contributed by atoms with van der Waals surface area (Å²) in [4.78, 5) is 14.0. The summed E-state index contributed by atoms with van der Waals surface area (Å²) in [5.41, 5.74) is 8.72. The van der Waals surface area contributed by atoms with E-state index in [2.05, 4.69) is 0 Å². The van der Waals surface area contributed by atoms with Crippen molar-refractivity contribution in [1.29, 1.82) is 0 Å². The van der Waals surface area contributed by atoms with E-state index in [0.29, 0.717) is 17.8 Å². The van der Waals surface area contributed by atoms with E-state index in [-0.39, 0.29) is 12.3 Å². The fourth-order valence-electron chi connectivity index (χ4n) is 2.66. The molecular weight excluding hydrogens is 274 g/mol. The molecule has 0 radical (unpaired) electrons. The molecule has 0 saturated heterocycles. The summed E-state index contributed by atoms with van der Waals surface area (Å²) in [6.45, 7) is 0.562. The number of anilines is 2. The summed E-state index contributed by atoms with van der Waals surface area (Å²) < 4.78 is 26.1. The highest BCUT2D eigenvalue weighted by Crippen LogP contribution is 2.33. The third-order valence-electron chi connectivity index (χ3n) is 3.67. The average Bonchev–Trinajstić information content (AvgIpc) is 2.88. The fraction of sp³-hybridized carbons (Fsp3) is 0.188. The molecule has 1 heterocycles. The number of fused-ring (bicyclic) bond motifs is 1. The van der Waals surface area contributed by atoms with Gasteiger partial charge in [0.25, 0.3) is 0 Å². The van der Waals surface area contributed by atoms with Crippen molar-refractivity contribution in [2.75, 3.05) is 17.2 Å². The Kier molecular flexibility index (Phi) is 3.33. The minimum atomic E-state index is -0.943. The zero-order chi connectivity index (χ0) is 15.0. The lowest BCUT2D eigenvalue weighted by Gasteiger charge is -2.19. The lowest BCUT2D eigenvalue weighted by molar-refractivity contribution is -0.117. The summed E-state index contributed by atoms with van der Waals surface area (Å²) in [6.07, 6.45) is 0.773. The predicted octanol–water partition coefficient (Wildman–Crippen LogP) is 2.68. The molecule has 0 aromatic heterocycles. The molecular formula is C16H14F2N2O. The van der Waals surface area contributed by atoms with E-state index in [1.165, 1.54) is 6.07 Å². The Hall–Kier alpha value is -2.43. The summed E-state index contributed by atoms with van der Waals surface area (Å²) in [6, 6.07) is 9.06. The summed E-state index contributed by atoms with van der Waals surface area (Å²) in [7, 11) is 0. The van der Waals surface area contributed by atoms with Crippen LogP contribution < -0.4 is 10.6 Å². The molecule has 0 aliphatic carbocycles. The van der Waals surface area contributed by atoms with Crippen LogP contribution in [0.4, 0.5) is 20.2 Å². The molecule has 1 aliphatic rings. The van der Waals surface area contributed by atoms with Gasteiger partial charge in [0, 0.05) is 6.54 Å². The van der Waals surface area contributed by atoms with Crippen molar-refractivity contribution in [2.24, 2.45) is 0 Å². The molecule has 0 bridgehead atoms. The van der Waals surface area contributed by atoms with Gasteiger partial charge in [-0.15, -0.1) is 0 Å². The molecule has 21 heavy (non-hydrogen) atoms. The Labute approximate surface area is 121 Å². The molecule has 0 saturated carbocycles. The smallest absolute Gasteiger partial charge is 0.231 e. The van der Waals surface area contributed by atoms with Crippen LogP contribution in [0.25, 0.3) is 0 Å². The number of benzene rings is 2. The maximum atomic E-state index is 13.2. The molecule has 1 amide bonds. The largest absolute Gasteiger partial charge is 0.397 e. The molecule has 0 fully saturated rings. The van der Waals surface area contributed by atoms with Crippen LogP contribution in [0.2, 0.25) is 0 Å². The molecule has 0 spiro atoms. The molecule has 5 heteroatoms. The van der Waals surface area contributed by atoms with Crippen molar-refractivity contribution in [3.05, 3.63) is 59.2 Å². The number of hydrogen-bond donors (Lipinski definition) is 1. The number of nitrogens with zero attached hydrogens (tertiary/aromatic N) is 1. The van der Waals surface area contributed by atoms with Crippen LogP contribution >= 0.6 is 0 Å². The fourth-order valence-corrected chi connectivity index (χ4v) is 2.66. The summed E-state index contributed by atoms with van der Waals surface area (Å²) >= 11 is 0. The number of carbonyl (C=O) groups excluding carboxylic acids is 1. The highest BCUT2D eigenvalue weighted by Gasteiger charge is 2.26. The first-order valence-corrected chi connectivity index (χ1v) is 6.68. The number of nitrogens with two attached hydrogens (primary N) is 1. The second-order valence-electron chi connectivity index (χ2n) is 5.08. The third kappa shape index (κ3) is 2.46. The van der Waals surface area contributed by atoms with E-state index in [4.69, 9.17) is 5.73 Å². The molecule has 2 N–H and O–H groups in total. The third-order valence-corrected chi connectivity index (χ3v) is 3.67. The van der Waals surface area contributed by atoms with Crippen molar-refractivity contribution >= 4 is 17.3 Å². The maximum Gasteiger partial charge on any atom is 0.231 e. The second-order valence-corrected chi connectivity index (χ2v) is 5.08. The van der Waals surface area contributed by atoms with Crippen LogP contribution in [-0.2, 0) is 17.6 Å². The number of halogens is 2. The molecule has 0 atom stereocenters. The minimum absolute atomic E-state index is 0.0188. The van der Waals surface area contributed by atoms with E-state index in [1.54, 1.807) is 11.0 Å². The van der Waals surface area contributed by atoms with Crippen LogP contribution in [0.1, 0.15) is 11.1 Å². The number of hydrogen-bond acceptors (Lipinski definition) is 2. The van der Waals surface area contributed by atoms with E-state index >= 15 is 0 Å². The highest BCUT2D eigenvalue weighted by atomic mass is 19.2. The Balaban J connectivity index is 1.83. The Morgan fingerprint density at radius 2 is 2.00 bits per heavy atom. The zero-order valence-corrected chi connectivity index (χ0v) is 11.3. The van der Waals surface area contributed by atoms with Crippen LogP contribution in [0.15, 0.2) is 36.4 Å². The second kappa shape index (κ2) is 5.16. The van der Waals surface area contributed by atoms with Gasteiger partial charge in [-0.3, -0.25) is 4.79 Å².